The van der Waals surface area contributed by atoms with E-state index in [0.717, 1.165) is 0 Å². The minimum Gasteiger partial charge on any atom is -0.287 e. The van der Waals surface area contributed by atoms with Gasteiger partial charge in [0, 0.05) is 0 Å². The van der Waals surface area contributed by atoms with Gasteiger partial charge in [-0.3, -0.25) is 9.59 Å². The SMILES string of the molecule is O=C1CNN(C(F)(F)F)C1=O. The first-order valence-electron chi connectivity index (χ1n) is 2.60. The number of carbonyl (C=O) groups is 2. The smallest absolute Gasteiger partial charge is 0.287 e. The van der Waals surface area contributed by atoms with E-state index in [-0.39, 0.29) is 0 Å². The van der Waals surface area contributed by atoms with E-state index in [1.54, 1.807) is 5.43 Å². The van der Waals surface area contributed by atoms with Crippen LogP contribution >= 0.6 is 0 Å². The molecule has 1 saturated heterocycles. The van der Waals surface area contributed by atoms with Crippen molar-refractivity contribution in [2.45, 2.75) is 6.30 Å². The first-order chi connectivity index (χ1) is 4.93. The third kappa shape index (κ3) is 1.32. The summed E-state index contributed by atoms with van der Waals surface area (Å²) >= 11 is 0. The van der Waals surface area contributed by atoms with E-state index >= 15 is 0 Å². The third-order valence-corrected chi connectivity index (χ3v) is 1.09. The van der Waals surface area contributed by atoms with Crippen LogP contribution in [0.15, 0.2) is 0 Å². The largest absolute Gasteiger partial charge is 0.501 e. The molecule has 0 aromatic carbocycles. The number of ketones is 1. The number of nitrogens with one attached hydrogen (secondary N) is 1. The van der Waals surface area contributed by atoms with Crippen LogP contribution in [0.1, 0.15) is 0 Å². The Kier molecular flexibility index (Phi) is 1.59. The molecule has 0 bridgehead atoms. The maximum absolute atomic E-state index is 11.7. The molecule has 1 fully saturated rings. The van der Waals surface area contributed by atoms with Crippen LogP contribution in [0.3, 0.4) is 0 Å². The van der Waals surface area contributed by atoms with Crippen molar-refractivity contribution in [1.29, 1.82) is 0 Å². The Balaban J connectivity index is 2.78. The normalized spacial score (nSPS) is 19.7. The lowest BCUT2D eigenvalue weighted by Crippen LogP contribution is -2.46. The minimum absolute atomic E-state index is 0.585. The molecular weight excluding hydrogens is 165 g/mol. The van der Waals surface area contributed by atoms with Crippen molar-refractivity contribution in [3.63, 3.8) is 0 Å². The number of hydrogen-bond acceptors (Lipinski definition) is 3. The van der Waals surface area contributed by atoms with Gasteiger partial charge in [-0.1, -0.05) is 0 Å². The van der Waals surface area contributed by atoms with Gasteiger partial charge in [-0.15, -0.1) is 13.2 Å². The van der Waals surface area contributed by atoms with Gasteiger partial charge in [-0.2, -0.15) is 5.01 Å². The molecule has 11 heavy (non-hydrogen) atoms. The van der Waals surface area contributed by atoms with Crippen LogP contribution in [-0.4, -0.2) is 29.5 Å². The lowest BCUT2D eigenvalue weighted by Gasteiger charge is -2.16. The molecule has 1 aliphatic rings. The fraction of sp³-hybridized carbons (Fsp3) is 0.500. The molecule has 1 N–H and O–H groups in total. The lowest BCUT2D eigenvalue weighted by molar-refractivity contribution is -0.248. The fourth-order valence-corrected chi connectivity index (χ4v) is 0.628. The third-order valence-electron chi connectivity index (χ3n) is 1.09. The zero-order chi connectivity index (χ0) is 8.65. The van der Waals surface area contributed by atoms with Crippen molar-refractivity contribution in [2.75, 3.05) is 6.54 Å². The van der Waals surface area contributed by atoms with E-state index < -0.39 is 29.5 Å². The first kappa shape index (κ1) is 7.99. The summed E-state index contributed by atoms with van der Waals surface area (Å²) in [4.78, 5) is 20.6. The minimum atomic E-state index is -4.82. The molecule has 0 atom stereocenters. The Hall–Kier alpha value is -1.11. The Morgan fingerprint density at radius 3 is 2.09 bits per heavy atom. The molecule has 0 spiro atoms. The van der Waals surface area contributed by atoms with Gasteiger partial charge in [0.25, 0.3) is 0 Å². The summed E-state index contributed by atoms with van der Waals surface area (Å²) in [7, 11) is 0. The van der Waals surface area contributed by atoms with Crippen LogP contribution in [0.25, 0.3) is 0 Å². The lowest BCUT2D eigenvalue weighted by atomic mass is 10.4. The predicted octanol–water partition coefficient (Wildman–Crippen LogP) is -0.578. The Morgan fingerprint density at radius 2 is 1.91 bits per heavy atom. The van der Waals surface area contributed by atoms with Crippen LogP contribution in [0.4, 0.5) is 13.2 Å². The van der Waals surface area contributed by atoms with Crippen molar-refractivity contribution in [3.05, 3.63) is 0 Å². The molecule has 1 rings (SSSR count). The molecule has 1 heterocycles. The Bertz CT molecular complexity index is 212. The maximum Gasteiger partial charge on any atom is 0.501 e. The molecule has 0 saturated carbocycles. The maximum atomic E-state index is 11.7. The van der Waals surface area contributed by atoms with Crippen molar-refractivity contribution in [3.8, 4) is 0 Å². The topological polar surface area (TPSA) is 49.4 Å². The zero-order valence-corrected chi connectivity index (χ0v) is 5.10. The van der Waals surface area contributed by atoms with Crippen molar-refractivity contribution >= 4 is 11.7 Å². The summed E-state index contributed by atoms with van der Waals surface area (Å²) in [6.45, 7) is -0.585. The van der Waals surface area contributed by atoms with Crippen molar-refractivity contribution < 1.29 is 22.8 Å². The molecule has 0 aliphatic carbocycles. The second kappa shape index (κ2) is 2.19. The number of alkyl halides is 3. The molecule has 0 aromatic heterocycles. The predicted molar refractivity (Wildman–Crippen MR) is 25.9 cm³/mol. The standard InChI is InChI=1S/C4H3F3N2O2/c5-4(6,7)9-3(11)2(10)1-8-9/h8H,1H2. The molecule has 1 amide bonds. The van der Waals surface area contributed by atoms with Crippen LogP contribution < -0.4 is 5.43 Å². The van der Waals surface area contributed by atoms with Gasteiger partial charge in [0.05, 0.1) is 6.54 Å². The van der Waals surface area contributed by atoms with E-state index in [4.69, 9.17) is 0 Å². The second-order valence-electron chi connectivity index (χ2n) is 1.87. The van der Waals surface area contributed by atoms with Crippen LogP contribution in [0.2, 0.25) is 0 Å². The highest BCUT2D eigenvalue weighted by Crippen LogP contribution is 2.20. The summed E-state index contributed by atoms with van der Waals surface area (Å²) in [5.41, 5.74) is 1.61. The molecule has 0 unspecified atom stereocenters. The molecule has 4 nitrogen and oxygen atoms in total. The van der Waals surface area contributed by atoms with E-state index in [9.17, 15) is 22.8 Å². The summed E-state index contributed by atoms with van der Waals surface area (Å²) in [6, 6.07) is 0. The number of Topliss-reactive ketones (excluding diaryl/α,β-unsaturated/α-hetero) is 1. The van der Waals surface area contributed by atoms with E-state index in [1.807, 2.05) is 0 Å². The molecule has 7 heteroatoms. The van der Waals surface area contributed by atoms with Gasteiger partial charge >= 0.3 is 12.2 Å². The van der Waals surface area contributed by atoms with Gasteiger partial charge < -0.3 is 0 Å². The van der Waals surface area contributed by atoms with Crippen molar-refractivity contribution in [2.24, 2.45) is 0 Å². The summed E-state index contributed by atoms with van der Waals surface area (Å²) in [5.74, 6) is -2.64. The zero-order valence-electron chi connectivity index (χ0n) is 5.10. The molecule has 0 radical (unpaired) electrons. The number of hydrogen-bond donors (Lipinski definition) is 1. The first-order valence-corrected chi connectivity index (χ1v) is 2.60. The van der Waals surface area contributed by atoms with E-state index in [0.29, 0.717) is 0 Å². The number of amides is 1. The van der Waals surface area contributed by atoms with Crippen LogP contribution in [-0.2, 0) is 9.59 Å². The van der Waals surface area contributed by atoms with Gasteiger partial charge in [-0.05, 0) is 0 Å². The van der Waals surface area contributed by atoms with Crippen LogP contribution in [0, 0.1) is 0 Å². The van der Waals surface area contributed by atoms with Gasteiger partial charge in [0.15, 0.2) is 0 Å². The number of halogens is 3. The average molecular weight is 168 g/mol. The van der Waals surface area contributed by atoms with Gasteiger partial charge in [0.2, 0.25) is 5.78 Å². The quantitative estimate of drug-likeness (QED) is 0.389. The number of nitrogens with zero attached hydrogens (tertiary/aromatic N) is 1. The number of carbonyl (C=O) groups excluding carboxylic acids is 2. The van der Waals surface area contributed by atoms with Gasteiger partial charge in [-0.25, -0.2) is 5.43 Å². The molecule has 62 valence electrons. The highest BCUT2D eigenvalue weighted by Gasteiger charge is 2.47. The monoisotopic (exact) mass is 168 g/mol. The highest BCUT2D eigenvalue weighted by atomic mass is 19.4. The van der Waals surface area contributed by atoms with Gasteiger partial charge in [0.1, 0.15) is 0 Å². The Labute approximate surface area is 58.9 Å². The molecular formula is C4H3F3N2O2. The molecule has 0 aromatic rings. The van der Waals surface area contributed by atoms with E-state index in [1.165, 1.54) is 0 Å². The Morgan fingerprint density at radius 1 is 1.36 bits per heavy atom. The van der Waals surface area contributed by atoms with E-state index in [2.05, 4.69) is 0 Å². The molecule has 1 aliphatic heterocycles. The summed E-state index contributed by atoms with van der Waals surface area (Å²) in [5, 5.41) is -0.630. The van der Waals surface area contributed by atoms with Crippen LogP contribution in [0.5, 0.6) is 0 Å². The van der Waals surface area contributed by atoms with Crippen molar-refractivity contribution in [1.82, 2.24) is 10.4 Å². The summed E-state index contributed by atoms with van der Waals surface area (Å²) < 4.78 is 35.0. The second-order valence-corrected chi connectivity index (χ2v) is 1.87. The fourth-order valence-electron chi connectivity index (χ4n) is 0.628. The number of rotatable bonds is 0. The average Bonchev–Trinajstić information content (AvgIpc) is 2.11. The number of hydrazine groups is 1. The summed E-state index contributed by atoms with van der Waals surface area (Å²) in [6.07, 6.45) is -4.82. The highest BCUT2D eigenvalue weighted by molar-refractivity contribution is 6.38.